The summed E-state index contributed by atoms with van der Waals surface area (Å²) in [4.78, 5) is 32.9. The lowest BCUT2D eigenvalue weighted by molar-refractivity contribution is -0.126. The molecule has 0 bridgehead atoms. The van der Waals surface area contributed by atoms with Crippen molar-refractivity contribution in [2.45, 2.75) is 25.8 Å². The lowest BCUT2D eigenvalue weighted by atomic mass is 9.95. The van der Waals surface area contributed by atoms with Gasteiger partial charge in [0.25, 0.3) is 0 Å². The van der Waals surface area contributed by atoms with Crippen LogP contribution in [0.1, 0.15) is 35.2 Å². The highest BCUT2D eigenvalue weighted by molar-refractivity contribution is 6.00. The van der Waals surface area contributed by atoms with Crippen molar-refractivity contribution in [2.24, 2.45) is 5.41 Å². The van der Waals surface area contributed by atoms with Crippen molar-refractivity contribution in [1.82, 2.24) is 15.3 Å². The fourth-order valence-corrected chi connectivity index (χ4v) is 3.55. The second kappa shape index (κ2) is 9.68. The van der Waals surface area contributed by atoms with Gasteiger partial charge in [-0.25, -0.2) is 9.97 Å². The van der Waals surface area contributed by atoms with Crippen LogP contribution < -0.4 is 19.5 Å². The number of amides is 1. The average molecular weight is 447 g/mol. The molecular formula is C25H25N3O5. The molecule has 2 aromatic carbocycles. The molecule has 33 heavy (non-hydrogen) atoms. The van der Waals surface area contributed by atoms with E-state index in [1.807, 2.05) is 24.3 Å². The average Bonchev–Trinajstić information content (AvgIpc) is 3.64. The molecule has 0 spiro atoms. The lowest BCUT2D eigenvalue weighted by Crippen LogP contribution is -2.33. The number of rotatable bonds is 10. The third-order valence-electron chi connectivity index (χ3n) is 5.68. The van der Waals surface area contributed by atoms with Gasteiger partial charge in [0.15, 0.2) is 17.3 Å². The van der Waals surface area contributed by atoms with Crippen LogP contribution in [0.5, 0.6) is 23.0 Å². The van der Waals surface area contributed by atoms with Crippen molar-refractivity contribution in [3.63, 3.8) is 0 Å². The second-order valence-corrected chi connectivity index (χ2v) is 7.95. The van der Waals surface area contributed by atoms with E-state index in [9.17, 15) is 9.59 Å². The summed E-state index contributed by atoms with van der Waals surface area (Å²) in [6.45, 7) is 0.375. The van der Waals surface area contributed by atoms with Crippen LogP contribution in [0, 0.1) is 5.41 Å². The fourth-order valence-electron chi connectivity index (χ4n) is 3.55. The predicted molar refractivity (Wildman–Crippen MR) is 121 cm³/mol. The molecule has 1 saturated carbocycles. The summed E-state index contributed by atoms with van der Waals surface area (Å²) in [5.74, 6) is 2.28. The van der Waals surface area contributed by atoms with Gasteiger partial charge in [0.2, 0.25) is 5.91 Å². The third-order valence-corrected chi connectivity index (χ3v) is 5.68. The maximum atomic E-state index is 12.7. The minimum absolute atomic E-state index is 0.0987. The molecule has 1 amide bonds. The SMILES string of the molecule is COc1ccc(Oc2ccc(CNC(=O)C3(CC(=O)c4cncnc4)CC3)cc2)cc1OC. The molecule has 1 fully saturated rings. The Hall–Kier alpha value is -3.94. The topological polar surface area (TPSA) is 99.6 Å². The summed E-state index contributed by atoms with van der Waals surface area (Å²) in [5, 5.41) is 2.96. The standard InChI is InChI=1S/C25H25N3O5/c1-31-22-8-7-20(11-23(22)32-2)33-19-5-3-17(4-6-19)13-28-24(30)25(9-10-25)12-21(29)18-14-26-16-27-15-18/h3-8,11,14-16H,9-10,12-13H2,1-2H3,(H,28,30). The minimum atomic E-state index is -0.622. The minimum Gasteiger partial charge on any atom is -0.493 e. The van der Waals surface area contributed by atoms with Gasteiger partial charge in [-0.2, -0.15) is 0 Å². The number of nitrogens with one attached hydrogen (secondary N) is 1. The Morgan fingerprint density at radius 3 is 2.24 bits per heavy atom. The number of carbonyl (C=O) groups is 2. The Kier molecular flexibility index (Phi) is 6.53. The van der Waals surface area contributed by atoms with E-state index in [1.165, 1.54) is 18.7 Å². The van der Waals surface area contributed by atoms with Gasteiger partial charge in [0.05, 0.1) is 25.2 Å². The summed E-state index contributed by atoms with van der Waals surface area (Å²) in [6, 6.07) is 12.8. The monoisotopic (exact) mass is 447 g/mol. The van der Waals surface area contributed by atoms with E-state index in [2.05, 4.69) is 15.3 Å². The number of benzene rings is 2. The van der Waals surface area contributed by atoms with Crippen molar-refractivity contribution in [2.75, 3.05) is 14.2 Å². The van der Waals surface area contributed by atoms with Gasteiger partial charge in [-0.05, 0) is 42.7 Å². The maximum Gasteiger partial charge on any atom is 0.226 e. The lowest BCUT2D eigenvalue weighted by Gasteiger charge is -2.15. The number of aromatic nitrogens is 2. The van der Waals surface area contributed by atoms with Crippen LogP contribution in [-0.2, 0) is 11.3 Å². The molecular weight excluding hydrogens is 422 g/mol. The van der Waals surface area contributed by atoms with Crippen molar-refractivity contribution in [3.05, 3.63) is 72.3 Å². The molecule has 1 heterocycles. The summed E-state index contributed by atoms with van der Waals surface area (Å²) in [7, 11) is 3.15. The molecule has 4 rings (SSSR count). The van der Waals surface area contributed by atoms with Crippen LogP contribution in [0.15, 0.2) is 61.2 Å². The number of hydrogen-bond donors (Lipinski definition) is 1. The van der Waals surface area contributed by atoms with Crippen molar-refractivity contribution in [3.8, 4) is 23.0 Å². The quantitative estimate of drug-likeness (QED) is 0.470. The van der Waals surface area contributed by atoms with E-state index in [0.717, 1.165) is 5.56 Å². The Morgan fingerprint density at radius 1 is 0.939 bits per heavy atom. The van der Waals surface area contributed by atoms with Crippen LogP contribution in [0.25, 0.3) is 0 Å². The summed E-state index contributed by atoms with van der Waals surface area (Å²) in [6.07, 6.45) is 5.92. The van der Waals surface area contributed by atoms with E-state index < -0.39 is 5.41 Å². The smallest absolute Gasteiger partial charge is 0.226 e. The number of carbonyl (C=O) groups excluding carboxylic acids is 2. The van der Waals surface area contributed by atoms with Crippen molar-refractivity contribution in [1.29, 1.82) is 0 Å². The van der Waals surface area contributed by atoms with Crippen molar-refractivity contribution >= 4 is 11.7 Å². The molecule has 1 N–H and O–H groups in total. The molecule has 1 aliphatic carbocycles. The Balaban J connectivity index is 1.31. The first-order chi connectivity index (χ1) is 16.0. The van der Waals surface area contributed by atoms with E-state index in [-0.39, 0.29) is 18.1 Å². The second-order valence-electron chi connectivity index (χ2n) is 7.95. The van der Waals surface area contributed by atoms with Gasteiger partial charge < -0.3 is 19.5 Å². The first kappa shape index (κ1) is 22.3. The van der Waals surface area contributed by atoms with Gasteiger partial charge in [0.1, 0.15) is 17.8 Å². The highest BCUT2D eigenvalue weighted by atomic mass is 16.5. The molecule has 0 saturated heterocycles. The molecule has 8 nitrogen and oxygen atoms in total. The van der Waals surface area contributed by atoms with Gasteiger partial charge in [-0.1, -0.05) is 12.1 Å². The van der Waals surface area contributed by atoms with Crippen molar-refractivity contribution < 1.29 is 23.8 Å². The highest BCUT2D eigenvalue weighted by Gasteiger charge is 2.51. The van der Waals surface area contributed by atoms with Crippen LogP contribution in [-0.4, -0.2) is 35.9 Å². The molecule has 8 heteroatoms. The number of methoxy groups -OCH3 is 2. The van der Waals surface area contributed by atoms with E-state index in [4.69, 9.17) is 14.2 Å². The zero-order valence-electron chi connectivity index (χ0n) is 18.5. The zero-order chi connectivity index (χ0) is 23.3. The molecule has 1 aromatic heterocycles. The van der Waals surface area contributed by atoms with Crippen LogP contribution in [0.2, 0.25) is 0 Å². The van der Waals surface area contributed by atoms with Crippen LogP contribution >= 0.6 is 0 Å². The van der Waals surface area contributed by atoms with Crippen LogP contribution in [0.4, 0.5) is 0 Å². The molecule has 0 radical (unpaired) electrons. The van der Waals surface area contributed by atoms with Crippen LogP contribution in [0.3, 0.4) is 0 Å². The van der Waals surface area contributed by atoms with E-state index >= 15 is 0 Å². The summed E-state index contributed by atoms with van der Waals surface area (Å²) >= 11 is 0. The summed E-state index contributed by atoms with van der Waals surface area (Å²) < 4.78 is 16.4. The number of Topliss-reactive ketones (excluding diaryl/α,β-unsaturated/α-hetero) is 1. The zero-order valence-corrected chi connectivity index (χ0v) is 18.5. The summed E-state index contributed by atoms with van der Waals surface area (Å²) in [5.41, 5.74) is 0.742. The fraction of sp³-hybridized carbons (Fsp3) is 0.280. The number of nitrogens with zero attached hydrogens (tertiary/aromatic N) is 2. The molecule has 0 unspecified atom stereocenters. The maximum absolute atomic E-state index is 12.7. The van der Waals surface area contributed by atoms with Gasteiger partial charge in [0, 0.05) is 31.4 Å². The first-order valence-electron chi connectivity index (χ1n) is 10.6. The van der Waals surface area contributed by atoms with E-state index in [0.29, 0.717) is 47.9 Å². The normalized spacial score (nSPS) is 13.6. The Morgan fingerprint density at radius 2 is 1.61 bits per heavy atom. The highest BCUT2D eigenvalue weighted by Crippen LogP contribution is 2.49. The van der Waals surface area contributed by atoms with Gasteiger partial charge >= 0.3 is 0 Å². The Labute approximate surface area is 191 Å². The molecule has 170 valence electrons. The largest absolute Gasteiger partial charge is 0.493 e. The number of hydrogen-bond acceptors (Lipinski definition) is 7. The molecule has 0 aliphatic heterocycles. The number of ketones is 1. The molecule has 1 aliphatic rings. The number of ether oxygens (including phenoxy) is 3. The third kappa shape index (κ3) is 5.28. The first-order valence-corrected chi connectivity index (χ1v) is 10.6. The molecule has 3 aromatic rings. The van der Waals surface area contributed by atoms with Gasteiger partial charge in [-0.3, -0.25) is 9.59 Å². The Bertz CT molecular complexity index is 1130. The van der Waals surface area contributed by atoms with Gasteiger partial charge in [-0.15, -0.1) is 0 Å². The predicted octanol–water partition coefficient (Wildman–Crippen LogP) is 3.96. The van der Waals surface area contributed by atoms with E-state index in [1.54, 1.807) is 32.4 Å². The molecule has 0 atom stereocenters.